The summed E-state index contributed by atoms with van der Waals surface area (Å²) in [6, 6.07) is 3.67. The van der Waals surface area contributed by atoms with E-state index in [1.54, 1.807) is 27.4 Å². The minimum atomic E-state index is -0.0319. The lowest BCUT2D eigenvalue weighted by Crippen LogP contribution is -2.30. The van der Waals surface area contributed by atoms with E-state index in [4.69, 9.17) is 14.2 Å². The molecule has 0 atom stereocenters. The Kier molecular flexibility index (Phi) is 6.66. The van der Waals surface area contributed by atoms with Crippen LogP contribution in [-0.4, -0.2) is 40.3 Å². The van der Waals surface area contributed by atoms with E-state index >= 15 is 0 Å². The summed E-state index contributed by atoms with van der Waals surface area (Å²) in [5, 5.41) is 5.95. The van der Waals surface area contributed by atoms with Gasteiger partial charge in [-0.25, -0.2) is 0 Å². The molecule has 0 heterocycles. The van der Waals surface area contributed by atoms with Crippen LogP contribution in [0.3, 0.4) is 0 Å². The SMILES string of the molecule is COc1cc(OC)c(OC)cc1CNCCNC(C)=O. The summed E-state index contributed by atoms with van der Waals surface area (Å²) in [6.45, 7) is 3.38. The molecular formula is C14H22N2O4. The van der Waals surface area contributed by atoms with Gasteiger partial charge in [0.2, 0.25) is 5.91 Å². The van der Waals surface area contributed by atoms with Crippen molar-refractivity contribution >= 4 is 5.91 Å². The number of amides is 1. The fraction of sp³-hybridized carbons (Fsp3) is 0.500. The van der Waals surface area contributed by atoms with Crippen molar-refractivity contribution in [2.24, 2.45) is 0 Å². The van der Waals surface area contributed by atoms with Crippen LogP contribution in [0, 0.1) is 0 Å². The van der Waals surface area contributed by atoms with Crippen molar-refractivity contribution in [3.63, 3.8) is 0 Å². The van der Waals surface area contributed by atoms with Crippen molar-refractivity contribution < 1.29 is 19.0 Å². The number of hydrogen-bond donors (Lipinski definition) is 2. The van der Waals surface area contributed by atoms with Crippen molar-refractivity contribution in [2.45, 2.75) is 13.5 Å². The maximum Gasteiger partial charge on any atom is 0.216 e. The van der Waals surface area contributed by atoms with Crippen LogP contribution in [0.4, 0.5) is 0 Å². The molecule has 1 aromatic rings. The molecule has 6 nitrogen and oxygen atoms in total. The quantitative estimate of drug-likeness (QED) is 0.694. The molecule has 0 spiro atoms. The predicted molar refractivity (Wildman–Crippen MR) is 76.5 cm³/mol. The average molecular weight is 282 g/mol. The maximum atomic E-state index is 10.7. The maximum absolute atomic E-state index is 10.7. The van der Waals surface area contributed by atoms with Gasteiger partial charge in [0.05, 0.1) is 21.3 Å². The lowest BCUT2D eigenvalue weighted by atomic mass is 10.1. The zero-order valence-corrected chi connectivity index (χ0v) is 12.4. The van der Waals surface area contributed by atoms with Crippen LogP contribution in [-0.2, 0) is 11.3 Å². The predicted octanol–water partition coefficient (Wildman–Crippen LogP) is 0.938. The van der Waals surface area contributed by atoms with Crippen LogP contribution in [0.2, 0.25) is 0 Å². The first-order valence-corrected chi connectivity index (χ1v) is 6.36. The van der Waals surface area contributed by atoms with Crippen LogP contribution in [0.5, 0.6) is 17.2 Å². The van der Waals surface area contributed by atoms with E-state index in [0.29, 0.717) is 31.1 Å². The van der Waals surface area contributed by atoms with Crippen molar-refractivity contribution in [1.82, 2.24) is 10.6 Å². The van der Waals surface area contributed by atoms with Crippen LogP contribution in [0.15, 0.2) is 12.1 Å². The molecule has 0 aliphatic carbocycles. The van der Waals surface area contributed by atoms with E-state index in [2.05, 4.69) is 10.6 Å². The summed E-state index contributed by atoms with van der Waals surface area (Å²) in [7, 11) is 4.79. The molecule has 6 heteroatoms. The third kappa shape index (κ3) is 4.62. The lowest BCUT2D eigenvalue weighted by molar-refractivity contribution is -0.118. The molecule has 2 N–H and O–H groups in total. The molecule has 20 heavy (non-hydrogen) atoms. The van der Waals surface area contributed by atoms with E-state index in [0.717, 1.165) is 11.3 Å². The molecule has 1 amide bonds. The largest absolute Gasteiger partial charge is 0.496 e. The van der Waals surface area contributed by atoms with Gasteiger partial charge < -0.3 is 24.8 Å². The van der Waals surface area contributed by atoms with Gasteiger partial charge in [-0.05, 0) is 6.07 Å². The molecule has 0 aliphatic rings. The number of hydrogen-bond acceptors (Lipinski definition) is 5. The number of nitrogens with one attached hydrogen (secondary N) is 2. The van der Waals surface area contributed by atoms with E-state index in [1.807, 2.05) is 6.07 Å². The van der Waals surface area contributed by atoms with Gasteiger partial charge in [-0.2, -0.15) is 0 Å². The van der Waals surface area contributed by atoms with Crippen LogP contribution >= 0.6 is 0 Å². The standard InChI is InChI=1S/C14H22N2O4/c1-10(17)16-6-5-15-9-11-7-13(19-3)14(20-4)8-12(11)18-2/h7-8,15H,5-6,9H2,1-4H3,(H,16,17). The van der Waals surface area contributed by atoms with Gasteiger partial charge >= 0.3 is 0 Å². The summed E-state index contributed by atoms with van der Waals surface area (Å²) >= 11 is 0. The van der Waals surface area contributed by atoms with Gasteiger partial charge in [-0.1, -0.05) is 0 Å². The highest BCUT2D eigenvalue weighted by atomic mass is 16.5. The van der Waals surface area contributed by atoms with Crippen LogP contribution < -0.4 is 24.8 Å². The van der Waals surface area contributed by atoms with E-state index in [1.165, 1.54) is 6.92 Å². The Hall–Kier alpha value is -1.95. The molecule has 0 saturated heterocycles. The topological polar surface area (TPSA) is 68.8 Å². The Bertz CT molecular complexity index is 449. The molecule has 0 unspecified atom stereocenters. The molecule has 1 aromatic carbocycles. The first-order valence-electron chi connectivity index (χ1n) is 6.36. The van der Waals surface area contributed by atoms with Crippen molar-refractivity contribution in [3.05, 3.63) is 17.7 Å². The number of rotatable bonds is 8. The van der Waals surface area contributed by atoms with Crippen molar-refractivity contribution in [3.8, 4) is 17.2 Å². The summed E-state index contributed by atoms with van der Waals surface area (Å²) < 4.78 is 15.8. The molecule has 0 fully saturated rings. The Morgan fingerprint density at radius 2 is 1.60 bits per heavy atom. The van der Waals surface area contributed by atoms with E-state index < -0.39 is 0 Å². The van der Waals surface area contributed by atoms with Gasteiger partial charge in [-0.3, -0.25) is 4.79 Å². The smallest absolute Gasteiger partial charge is 0.216 e. The molecule has 0 saturated carbocycles. The normalized spacial score (nSPS) is 10.0. The second-order valence-electron chi connectivity index (χ2n) is 4.18. The molecule has 0 aliphatic heterocycles. The van der Waals surface area contributed by atoms with Crippen LogP contribution in [0.25, 0.3) is 0 Å². The fourth-order valence-electron chi connectivity index (χ4n) is 1.78. The molecule has 0 aromatic heterocycles. The Labute approximate surface area is 119 Å². The second kappa shape index (κ2) is 8.27. The van der Waals surface area contributed by atoms with Crippen molar-refractivity contribution in [1.29, 1.82) is 0 Å². The highest BCUT2D eigenvalue weighted by molar-refractivity contribution is 5.72. The minimum absolute atomic E-state index is 0.0319. The molecule has 0 bridgehead atoms. The zero-order valence-electron chi connectivity index (χ0n) is 12.4. The van der Waals surface area contributed by atoms with Gasteiger partial charge in [-0.15, -0.1) is 0 Å². The summed E-state index contributed by atoms with van der Waals surface area (Å²) in [6.07, 6.45) is 0. The van der Waals surface area contributed by atoms with Gasteiger partial charge in [0.15, 0.2) is 11.5 Å². The highest BCUT2D eigenvalue weighted by Crippen LogP contribution is 2.34. The highest BCUT2D eigenvalue weighted by Gasteiger charge is 2.11. The molecule has 112 valence electrons. The Morgan fingerprint density at radius 3 is 2.15 bits per heavy atom. The van der Waals surface area contributed by atoms with Crippen LogP contribution in [0.1, 0.15) is 12.5 Å². The average Bonchev–Trinajstić information content (AvgIpc) is 2.45. The molecule has 1 rings (SSSR count). The van der Waals surface area contributed by atoms with E-state index in [-0.39, 0.29) is 5.91 Å². The molecule has 0 radical (unpaired) electrons. The number of benzene rings is 1. The molecular weight excluding hydrogens is 260 g/mol. The number of carbonyl (C=O) groups excluding carboxylic acids is 1. The third-order valence-corrected chi connectivity index (χ3v) is 2.78. The summed E-state index contributed by atoms with van der Waals surface area (Å²) in [5.74, 6) is 1.99. The third-order valence-electron chi connectivity index (χ3n) is 2.78. The first-order chi connectivity index (χ1) is 9.62. The number of methoxy groups -OCH3 is 3. The van der Waals surface area contributed by atoms with Crippen molar-refractivity contribution in [2.75, 3.05) is 34.4 Å². The first kappa shape index (κ1) is 16.1. The lowest BCUT2D eigenvalue weighted by Gasteiger charge is -2.14. The Morgan fingerprint density at radius 1 is 1.00 bits per heavy atom. The number of ether oxygens (including phenoxy) is 3. The van der Waals surface area contributed by atoms with Gasteiger partial charge in [0.25, 0.3) is 0 Å². The Balaban J connectivity index is 2.66. The fourth-order valence-corrected chi connectivity index (χ4v) is 1.78. The van der Waals surface area contributed by atoms with Gasteiger partial charge in [0.1, 0.15) is 5.75 Å². The zero-order chi connectivity index (χ0) is 15.0. The monoisotopic (exact) mass is 282 g/mol. The van der Waals surface area contributed by atoms with Gasteiger partial charge in [0, 0.05) is 38.2 Å². The summed E-state index contributed by atoms with van der Waals surface area (Å²) in [5.41, 5.74) is 0.966. The minimum Gasteiger partial charge on any atom is -0.496 e. The van der Waals surface area contributed by atoms with E-state index in [9.17, 15) is 4.79 Å². The summed E-state index contributed by atoms with van der Waals surface area (Å²) in [4.78, 5) is 10.7. The number of carbonyl (C=O) groups is 1. The second-order valence-corrected chi connectivity index (χ2v) is 4.18.